The smallest absolute Gasteiger partial charge is 0.258 e. The number of carbonyl (C=O) groups excluding carboxylic acids is 1. The molecule has 2 aromatic heterocycles. The molecule has 1 aliphatic rings. The molecule has 0 radical (unpaired) electrons. The summed E-state index contributed by atoms with van der Waals surface area (Å²) >= 11 is 0. The molecule has 1 amide bonds. The maximum Gasteiger partial charge on any atom is 0.258 e. The molecule has 1 atom stereocenters. The average Bonchev–Trinajstić information content (AvgIpc) is 3.30. The van der Waals surface area contributed by atoms with E-state index >= 15 is 0 Å². The molecule has 1 aliphatic heterocycles. The largest absolute Gasteiger partial charge is 0.475 e. The first-order valence-electron chi connectivity index (χ1n) is 10.1. The van der Waals surface area contributed by atoms with Gasteiger partial charge in [0.2, 0.25) is 5.88 Å². The van der Waals surface area contributed by atoms with E-state index in [4.69, 9.17) is 9.47 Å². The number of rotatable bonds is 7. The van der Waals surface area contributed by atoms with Crippen molar-refractivity contribution in [2.24, 2.45) is 7.05 Å². The number of ether oxygens (including phenoxy) is 2. The number of hydrogen-bond acceptors (Lipinski definition) is 5. The van der Waals surface area contributed by atoms with Gasteiger partial charge >= 0.3 is 0 Å². The van der Waals surface area contributed by atoms with Gasteiger partial charge in [-0.05, 0) is 44.2 Å². The number of H-pyrrole nitrogens is 1. The van der Waals surface area contributed by atoms with Gasteiger partial charge < -0.3 is 14.8 Å². The lowest BCUT2D eigenvalue weighted by atomic mass is 10.1. The Morgan fingerprint density at radius 3 is 3.14 bits per heavy atom. The molecule has 0 aliphatic carbocycles. The number of aromatic amines is 1. The number of nitrogens with one attached hydrogen (secondary N) is 2. The van der Waals surface area contributed by atoms with Crippen LogP contribution < -0.4 is 10.1 Å². The molecule has 1 fully saturated rings. The van der Waals surface area contributed by atoms with Crippen LogP contribution in [0.15, 0.2) is 24.4 Å². The van der Waals surface area contributed by atoms with E-state index in [9.17, 15) is 4.79 Å². The Hall–Kier alpha value is -2.87. The fourth-order valence-corrected chi connectivity index (χ4v) is 3.72. The van der Waals surface area contributed by atoms with Crippen LogP contribution in [-0.4, -0.2) is 51.7 Å². The number of fused-ring (bicyclic) bond motifs is 1. The van der Waals surface area contributed by atoms with Gasteiger partial charge in [0.25, 0.3) is 5.91 Å². The van der Waals surface area contributed by atoms with Gasteiger partial charge in [0.1, 0.15) is 12.2 Å². The Kier molecular flexibility index (Phi) is 5.80. The number of nitrogens with zero attached hydrogens (tertiary/aromatic N) is 3. The molecule has 1 saturated heterocycles. The second-order valence-corrected chi connectivity index (χ2v) is 7.49. The van der Waals surface area contributed by atoms with Gasteiger partial charge in [-0.2, -0.15) is 10.2 Å². The summed E-state index contributed by atoms with van der Waals surface area (Å²) in [6.07, 6.45) is 5.84. The third-order valence-corrected chi connectivity index (χ3v) is 5.28. The van der Waals surface area contributed by atoms with Gasteiger partial charge in [-0.1, -0.05) is 12.1 Å². The minimum Gasteiger partial charge on any atom is -0.475 e. The molecule has 1 aromatic carbocycles. The van der Waals surface area contributed by atoms with E-state index in [1.165, 1.54) is 0 Å². The van der Waals surface area contributed by atoms with Crippen molar-refractivity contribution in [1.82, 2.24) is 25.3 Å². The molecule has 1 unspecified atom stereocenters. The fraction of sp³-hybridized carbons (Fsp3) is 0.476. The molecule has 29 heavy (non-hydrogen) atoms. The molecule has 4 rings (SSSR count). The predicted octanol–water partition coefficient (Wildman–Crippen LogP) is 2.53. The fourth-order valence-electron chi connectivity index (χ4n) is 3.72. The number of hydrogen-bond donors (Lipinski definition) is 2. The first-order valence-corrected chi connectivity index (χ1v) is 10.1. The van der Waals surface area contributed by atoms with Crippen LogP contribution in [0.3, 0.4) is 0 Å². The van der Waals surface area contributed by atoms with Crippen LogP contribution >= 0.6 is 0 Å². The normalized spacial score (nSPS) is 16.8. The second-order valence-electron chi connectivity index (χ2n) is 7.49. The van der Waals surface area contributed by atoms with E-state index in [0.29, 0.717) is 30.3 Å². The van der Waals surface area contributed by atoms with Crippen molar-refractivity contribution >= 4 is 16.8 Å². The molecule has 3 heterocycles. The molecule has 0 spiro atoms. The number of aromatic nitrogens is 4. The van der Waals surface area contributed by atoms with Gasteiger partial charge in [0.15, 0.2) is 0 Å². The van der Waals surface area contributed by atoms with Gasteiger partial charge in [-0.3, -0.25) is 9.89 Å². The van der Waals surface area contributed by atoms with E-state index in [0.717, 1.165) is 48.8 Å². The van der Waals surface area contributed by atoms with Crippen LogP contribution in [0.5, 0.6) is 5.88 Å². The number of benzene rings is 1. The van der Waals surface area contributed by atoms with E-state index in [2.05, 4.69) is 32.7 Å². The Balaban J connectivity index is 1.37. The van der Waals surface area contributed by atoms with Crippen LogP contribution in [0, 0.1) is 6.92 Å². The highest BCUT2D eigenvalue weighted by molar-refractivity contribution is 5.97. The molecule has 154 valence electrons. The predicted molar refractivity (Wildman–Crippen MR) is 109 cm³/mol. The summed E-state index contributed by atoms with van der Waals surface area (Å²) in [5.41, 5.74) is 3.28. The van der Waals surface area contributed by atoms with Gasteiger partial charge in [-0.25, -0.2) is 4.68 Å². The number of aryl methyl sites for hydroxylation is 2. The van der Waals surface area contributed by atoms with Crippen LogP contribution in [0.25, 0.3) is 10.9 Å². The minimum absolute atomic E-state index is 0.0762. The van der Waals surface area contributed by atoms with Gasteiger partial charge in [0.05, 0.1) is 23.5 Å². The zero-order chi connectivity index (χ0) is 20.2. The summed E-state index contributed by atoms with van der Waals surface area (Å²) in [5.74, 6) is 0.325. The molecule has 3 aromatic rings. The Labute approximate surface area is 169 Å². The number of amides is 1. The zero-order valence-corrected chi connectivity index (χ0v) is 16.9. The maximum absolute atomic E-state index is 12.8. The van der Waals surface area contributed by atoms with Crippen molar-refractivity contribution in [2.45, 2.75) is 38.7 Å². The first-order chi connectivity index (χ1) is 14.1. The summed E-state index contributed by atoms with van der Waals surface area (Å²) in [7, 11) is 1.79. The van der Waals surface area contributed by atoms with E-state index < -0.39 is 0 Å². The van der Waals surface area contributed by atoms with Crippen molar-refractivity contribution in [3.8, 4) is 5.88 Å². The van der Waals surface area contributed by atoms with Crippen molar-refractivity contribution in [3.63, 3.8) is 0 Å². The summed E-state index contributed by atoms with van der Waals surface area (Å²) in [4.78, 5) is 12.8. The van der Waals surface area contributed by atoms with Crippen LogP contribution in [0.1, 0.15) is 40.9 Å². The summed E-state index contributed by atoms with van der Waals surface area (Å²) in [6.45, 7) is 3.56. The third kappa shape index (κ3) is 4.42. The number of carbonyl (C=O) groups is 1. The minimum atomic E-state index is -0.169. The Morgan fingerprint density at radius 2 is 2.31 bits per heavy atom. The highest BCUT2D eigenvalue weighted by atomic mass is 16.5. The standard InChI is InChI=1S/C21H27N5O3/c1-14-19(21(26(2)25-14)29-13-17-5-3-4-10-28-17)20(27)22-9-8-15-6-7-16-12-23-24-18(16)11-15/h6-7,11-12,17H,3-5,8-10,13H2,1-2H3,(H,22,27)(H,23,24). The first kappa shape index (κ1) is 19.4. The van der Waals surface area contributed by atoms with Crippen LogP contribution in [0.2, 0.25) is 0 Å². The molecule has 2 N–H and O–H groups in total. The maximum atomic E-state index is 12.8. The molecule has 8 nitrogen and oxygen atoms in total. The van der Waals surface area contributed by atoms with Crippen molar-refractivity contribution in [3.05, 3.63) is 41.2 Å². The Morgan fingerprint density at radius 1 is 1.41 bits per heavy atom. The summed E-state index contributed by atoms with van der Waals surface area (Å²) < 4.78 is 13.3. The van der Waals surface area contributed by atoms with E-state index in [1.54, 1.807) is 17.9 Å². The molecular formula is C21H27N5O3. The lowest BCUT2D eigenvalue weighted by Gasteiger charge is -2.22. The lowest BCUT2D eigenvalue weighted by Crippen LogP contribution is -2.29. The molecule has 0 saturated carbocycles. The summed E-state index contributed by atoms with van der Waals surface area (Å²) in [6, 6.07) is 6.14. The second kappa shape index (κ2) is 8.65. The quantitative estimate of drug-likeness (QED) is 0.639. The van der Waals surface area contributed by atoms with Crippen molar-refractivity contribution in [1.29, 1.82) is 0 Å². The highest BCUT2D eigenvalue weighted by Gasteiger charge is 2.23. The van der Waals surface area contributed by atoms with Gasteiger partial charge in [-0.15, -0.1) is 0 Å². The summed E-state index contributed by atoms with van der Waals surface area (Å²) in [5, 5.41) is 15.4. The van der Waals surface area contributed by atoms with Crippen LogP contribution in [-0.2, 0) is 18.2 Å². The Bertz CT molecular complexity index is 988. The van der Waals surface area contributed by atoms with Crippen LogP contribution in [0.4, 0.5) is 0 Å². The molecule has 0 bridgehead atoms. The monoisotopic (exact) mass is 397 g/mol. The zero-order valence-electron chi connectivity index (χ0n) is 16.9. The van der Waals surface area contributed by atoms with E-state index in [1.807, 2.05) is 13.0 Å². The van der Waals surface area contributed by atoms with Gasteiger partial charge in [0, 0.05) is 25.6 Å². The lowest BCUT2D eigenvalue weighted by molar-refractivity contribution is -0.0128. The SMILES string of the molecule is Cc1nn(C)c(OCC2CCCCO2)c1C(=O)NCCc1ccc2cn[nH]c2c1. The van der Waals surface area contributed by atoms with Crippen molar-refractivity contribution < 1.29 is 14.3 Å². The topological polar surface area (TPSA) is 94.1 Å². The average molecular weight is 397 g/mol. The van der Waals surface area contributed by atoms with E-state index in [-0.39, 0.29) is 12.0 Å². The van der Waals surface area contributed by atoms with Crippen molar-refractivity contribution in [2.75, 3.05) is 19.8 Å². The third-order valence-electron chi connectivity index (χ3n) is 5.28. The molecule has 8 heteroatoms. The molecular weight excluding hydrogens is 370 g/mol. The highest BCUT2D eigenvalue weighted by Crippen LogP contribution is 2.23.